The van der Waals surface area contributed by atoms with E-state index in [1.54, 1.807) is 24.3 Å². The van der Waals surface area contributed by atoms with Gasteiger partial charge in [-0.3, -0.25) is 9.59 Å². The third-order valence-electron chi connectivity index (χ3n) is 5.45. The standard InChI is InChI=1S/C27H28N4O2/c1-18(32)28-21-13-15-22(16-14-21)29-25(33)17-31-24-8-6-5-7-23(24)30-26(31)19-9-11-20(12-10-19)27(2,3)4/h5-16H,17H2,1-4H3,(H,28,32)(H,29,33). The van der Waals surface area contributed by atoms with E-state index in [1.807, 2.05) is 28.8 Å². The SMILES string of the molecule is CC(=O)Nc1ccc(NC(=O)Cn2c(-c3ccc(C(C)(C)C)cc3)nc3ccccc32)cc1. The van der Waals surface area contributed by atoms with E-state index in [-0.39, 0.29) is 23.8 Å². The van der Waals surface area contributed by atoms with Crippen molar-refractivity contribution in [2.24, 2.45) is 0 Å². The molecular weight excluding hydrogens is 412 g/mol. The highest BCUT2D eigenvalue weighted by Gasteiger charge is 2.17. The molecule has 0 atom stereocenters. The fourth-order valence-corrected chi connectivity index (χ4v) is 3.76. The van der Waals surface area contributed by atoms with Gasteiger partial charge in [-0.1, -0.05) is 57.2 Å². The van der Waals surface area contributed by atoms with Crippen LogP contribution in [0.4, 0.5) is 11.4 Å². The van der Waals surface area contributed by atoms with Crippen molar-refractivity contribution in [1.29, 1.82) is 0 Å². The number of carbonyl (C=O) groups excluding carboxylic acids is 2. The first kappa shape index (κ1) is 22.3. The van der Waals surface area contributed by atoms with Gasteiger partial charge in [0, 0.05) is 23.9 Å². The average Bonchev–Trinajstić information content (AvgIpc) is 3.12. The molecule has 4 aromatic rings. The van der Waals surface area contributed by atoms with Crippen molar-refractivity contribution < 1.29 is 9.59 Å². The number of nitrogens with zero attached hydrogens (tertiary/aromatic N) is 2. The van der Waals surface area contributed by atoms with E-state index in [0.717, 1.165) is 22.4 Å². The van der Waals surface area contributed by atoms with Crippen LogP contribution in [0.2, 0.25) is 0 Å². The van der Waals surface area contributed by atoms with Gasteiger partial charge in [0.1, 0.15) is 12.4 Å². The van der Waals surface area contributed by atoms with Crippen LogP contribution < -0.4 is 10.6 Å². The summed E-state index contributed by atoms with van der Waals surface area (Å²) in [5, 5.41) is 5.65. The van der Waals surface area contributed by atoms with E-state index in [4.69, 9.17) is 4.98 Å². The maximum atomic E-state index is 12.9. The molecule has 0 bridgehead atoms. The third kappa shape index (κ3) is 5.12. The summed E-state index contributed by atoms with van der Waals surface area (Å²) in [7, 11) is 0. The Hall–Kier alpha value is -3.93. The summed E-state index contributed by atoms with van der Waals surface area (Å²) in [6.07, 6.45) is 0. The van der Waals surface area contributed by atoms with Gasteiger partial charge in [0.05, 0.1) is 11.0 Å². The Morgan fingerprint density at radius 1 is 0.848 bits per heavy atom. The van der Waals surface area contributed by atoms with Gasteiger partial charge in [-0.15, -0.1) is 0 Å². The Balaban J connectivity index is 1.60. The Labute approximate surface area is 193 Å². The Kier molecular flexibility index (Phi) is 6.01. The highest BCUT2D eigenvalue weighted by atomic mass is 16.2. The van der Waals surface area contributed by atoms with E-state index in [9.17, 15) is 9.59 Å². The molecule has 4 rings (SSSR count). The van der Waals surface area contributed by atoms with E-state index in [0.29, 0.717) is 11.4 Å². The maximum absolute atomic E-state index is 12.9. The van der Waals surface area contributed by atoms with E-state index < -0.39 is 0 Å². The average molecular weight is 441 g/mol. The number of para-hydroxylation sites is 2. The summed E-state index contributed by atoms with van der Waals surface area (Å²) < 4.78 is 1.95. The number of amides is 2. The van der Waals surface area contributed by atoms with Gasteiger partial charge >= 0.3 is 0 Å². The van der Waals surface area contributed by atoms with Crippen LogP contribution in [0.25, 0.3) is 22.4 Å². The zero-order chi connectivity index (χ0) is 23.6. The molecule has 0 aliphatic carbocycles. The number of aromatic nitrogens is 2. The zero-order valence-electron chi connectivity index (χ0n) is 19.3. The van der Waals surface area contributed by atoms with Crippen molar-refractivity contribution in [1.82, 2.24) is 9.55 Å². The first-order valence-corrected chi connectivity index (χ1v) is 10.9. The van der Waals surface area contributed by atoms with Crippen LogP contribution in [-0.2, 0) is 21.5 Å². The largest absolute Gasteiger partial charge is 0.326 e. The number of fused-ring (bicyclic) bond motifs is 1. The lowest BCUT2D eigenvalue weighted by atomic mass is 9.87. The summed E-state index contributed by atoms with van der Waals surface area (Å²) >= 11 is 0. The van der Waals surface area contributed by atoms with Gasteiger partial charge in [0.15, 0.2) is 0 Å². The third-order valence-corrected chi connectivity index (χ3v) is 5.45. The molecule has 0 fully saturated rings. The number of carbonyl (C=O) groups is 2. The van der Waals surface area contributed by atoms with Gasteiger partial charge in [-0.2, -0.15) is 0 Å². The van der Waals surface area contributed by atoms with Crippen LogP contribution in [0, 0.1) is 0 Å². The highest BCUT2D eigenvalue weighted by Crippen LogP contribution is 2.28. The molecule has 2 amide bonds. The second kappa shape index (κ2) is 8.90. The molecule has 1 heterocycles. The maximum Gasteiger partial charge on any atom is 0.244 e. The molecule has 3 aromatic carbocycles. The van der Waals surface area contributed by atoms with E-state index in [1.165, 1.54) is 12.5 Å². The summed E-state index contributed by atoms with van der Waals surface area (Å²) in [5.74, 6) is 0.465. The number of benzene rings is 3. The Morgan fingerprint density at radius 2 is 1.45 bits per heavy atom. The molecule has 0 radical (unpaired) electrons. The number of anilines is 2. The first-order valence-electron chi connectivity index (χ1n) is 10.9. The lowest BCUT2D eigenvalue weighted by Crippen LogP contribution is -2.19. The Bertz CT molecular complexity index is 1300. The predicted molar refractivity (Wildman–Crippen MR) is 133 cm³/mol. The molecule has 0 saturated heterocycles. The molecule has 6 nitrogen and oxygen atoms in total. The van der Waals surface area contributed by atoms with Crippen LogP contribution in [0.15, 0.2) is 72.8 Å². The summed E-state index contributed by atoms with van der Waals surface area (Å²) in [4.78, 5) is 28.9. The van der Waals surface area contributed by atoms with Crippen LogP contribution in [0.1, 0.15) is 33.3 Å². The number of hydrogen-bond donors (Lipinski definition) is 2. The van der Waals surface area contributed by atoms with Crippen LogP contribution in [0.5, 0.6) is 0 Å². The quantitative estimate of drug-likeness (QED) is 0.424. The fourth-order valence-electron chi connectivity index (χ4n) is 3.76. The molecule has 0 spiro atoms. The Morgan fingerprint density at radius 3 is 2.06 bits per heavy atom. The van der Waals surface area contributed by atoms with Crippen molar-refractivity contribution in [3.05, 3.63) is 78.4 Å². The minimum Gasteiger partial charge on any atom is -0.326 e. The molecule has 0 saturated carbocycles. The van der Waals surface area contributed by atoms with Gasteiger partial charge in [-0.05, 0) is 47.4 Å². The van der Waals surface area contributed by atoms with Crippen molar-refractivity contribution in [2.45, 2.75) is 39.7 Å². The molecule has 1 aromatic heterocycles. The minimum atomic E-state index is -0.155. The molecule has 0 aliphatic heterocycles. The normalized spacial score (nSPS) is 11.4. The monoisotopic (exact) mass is 440 g/mol. The van der Waals surface area contributed by atoms with E-state index in [2.05, 4.69) is 55.7 Å². The molecule has 168 valence electrons. The summed E-state index contributed by atoms with van der Waals surface area (Å²) in [6, 6.07) is 23.2. The van der Waals surface area contributed by atoms with Crippen molar-refractivity contribution >= 4 is 34.2 Å². The number of imidazole rings is 1. The predicted octanol–water partition coefficient (Wildman–Crippen LogP) is 5.60. The number of rotatable bonds is 5. The van der Waals surface area contributed by atoms with Gasteiger partial charge in [0.25, 0.3) is 0 Å². The zero-order valence-corrected chi connectivity index (χ0v) is 19.3. The molecule has 33 heavy (non-hydrogen) atoms. The fraction of sp³-hybridized carbons (Fsp3) is 0.222. The van der Waals surface area contributed by atoms with Crippen molar-refractivity contribution in [2.75, 3.05) is 10.6 Å². The van der Waals surface area contributed by atoms with E-state index >= 15 is 0 Å². The first-order chi connectivity index (χ1) is 15.7. The van der Waals surface area contributed by atoms with Crippen molar-refractivity contribution in [3.63, 3.8) is 0 Å². The lowest BCUT2D eigenvalue weighted by molar-refractivity contribution is -0.116. The van der Waals surface area contributed by atoms with Gasteiger partial charge in [0.2, 0.25) is 11.8 Å². The lowest BCUT2D eigenvalue weighted by Gasteiger charge is -2.19. The summed E-state index contributed by atoms with van der Waals surface area (Å²) in [6.45, 7) is 8.14. The molecular formula is C27H28N4O2. The topological polar surface area (TPSA) is 76.0 Å². The van der Waals surface area contributed by atoms with Crippen LogP contribution in [0.3, 0.4) is 0 Å². The van der Waals surface area contributed by atoms with Crippen LogP contribution in [-0.4, -0.2) is 21.4 Å². The highest BCUT2D eigenvalue weighted by molar-refractivity contribution is 5.93. The molecule has 6 heteroatoms. The smallest absolute Gasteiger partial charge is 0.244 e. The van der Waals surface area contributed by atoms with Gasteiger partial charge in [-0.25, -0.2) is 4.98 Å². The van der Waals surface area contributed by atoms with Crippen molar-refractivity contribution in [3.8, 4) is 11.4 Å². The summed E-state index contributed by atoms with van der Waals surface area (Å²) in [5.41, 5.74) is 5.37. The number of hydrogen-bond acceptors (Lipinski definition) is 3. The molecule has 2 N–H and O–H groups in total. The second-order valence-corrected chi connectivity index (χ2v) is 9.14. The van der Waals surface area contributed by atoms with Gasteiger partial charge < -0.3 is 15.2 Å². The molecule has 0 aliphatic rings. The van der Waals surface area contributed by atoms with Crippen LogP contribution >= 0.6 is 0 Å². The molecule has 0 unspecified atom stereocenters. The minimum absolute atomic E-state index is 0.0635. The number of nitrogens with one attached hydrogen (secondary N) is 2. The second-order valence-electron chi connectivity index (χ2n) is 9.14.